The number of fused-ring (bicyclic) bond motifs is 3. The summed E-state index contributed by atoms with van der Waals surface area (Å²) in [7, 11) is -3.63. The smallest absolute Gasteiger partial charge is 0.315 e. The summed E-state index contributed by atoms with van der Waals surface area (Å²) in [5.41, 5.74) is 1.73. The van der Waals surface area contributed by atoms with Crippen molar-refractivity contribution in [2.75, 3.05) is 13.1 Å². The fraction of sp³-hybridized carbons (Fsp3) is 0.565. The summed E-state index contributed by atoms with van der Waals surface area (Å²) in [5.74, 6) is -0.808. The lowest BCUT2D eigenvalue weighted by molar-refractivity contribution is -0.141. The Morgan fingerprint density at radius 3 is 2.50 bits per heavy atom. The first-order chi connectivity index (χ1) is 28.9. The van der Waals surface area contributed by atoms with Gasteiger partial charge in [0.25, 0.3) is 0 Å². The van der Waals surface area contributed by atoms with Crippen LogP contribution in [0.25, 0.3) is 22.2 Å². The van der Waals surface area contributed by atoms with Crippen LogP contribution in [0.5, 0.6) is 5.75 Å². The number of pyridine rings is 1. The summed E-state index contributed by atoms with van der Waals surface area (Å²) in [6.07, 6.45) is 14.4. The normalized spacial score (nSPS) is 27.2. The van der Waals surface area contributed by atoms with Gasteiger partial charge in [-0.25, -0.2) is 27.3 Å². The molecular weight excluding hydrogens is 784 g/mol. The van der Waals surface area contributed by atoms with Crippen molar-refractivity contribution in [3.05, 3.63) is 72.1 Å². The molecule has 2 aromatic carbocycles. The number of urea groups is 1. The quantitative estimate of drug-likeness (QED) is 0.163. The van der Waals surface area contributed by atoms with Gasteiger partial charge in [0.1, 0.15) is 35.4 Å². The lowest BCUT2D eigenvalue weighted by Gasteiger charge is -2.50. The van der Waals surface area contributed by atoms with Crippen LogP contribution in [0.15, 0.2) is 60.7 Å². The lowest BCUT2D eigenvalue weighted by Crippen LogP contribution is -2.67. The van der Waals surface area contributed by atoms with Crippen LogP contribution in [0.4, 0.5) is 9.18 Å². The van der Waals surface area contributed by atoms with E-state index in [4.69, 9.17) is 9.72 Å². The third-order valence-electron chi connectivity index (χ3n) is 13.7. The molecule has 3 aromatic rings. The SMILES string of the molecule is CCc1c(OC2CC3C(=O)NC4(CNS(=O)(=O)C5(C)CC5)CCC4C=CCCCCCC(NC(=O)NC4CCCC4)C(=O)N3C2)c(-c2cccc(F)c2)nc2ccccc12. The predicted molar refractivity (Wildman–Crippen MR) is 229 cm³/mol. The molecule has 2 aliphatic heterocycles. The van der Waals surface area contributed by atoms with Gasteiger partial charge in [-0.2, -0.15) is 0 Å². The number of sulfonamides is 1. The van der Waals surface area contributed by atoms with E-state index in [1.807, 2.05) is 31.2 Å². The summed E-state index contributed by atoms with van der Waals surface area (Å²) in [5, 5.41) is 10.2. The number of para-hydroxylation sites is 1. The van der Waals surface area contributed by atoms with E-state index in [9.17, 15) is 27.2 Å². The summed E-state index contributed by atoms with van der Waals surface area (Å²) in [6.45, 7) is 3.86. The molecule has 0 spiro atoms. The molecule has 1 saturated heterocycles. The molecule has 5 aliphatic rings. The Morgan fingerprint density at radius 2 is 1.77 bits per heavy atom. The number of amides is 4. The van der Waals surface area contributed by atoms with Gasteiger partial charge in [-0.05, 0) is 89.3 Å². The molecule has 4 fully saturated rings. The fourth-order valence-corrected chi connectivity index (χ4v) is 11.0. The number of nitrogens with one attached hydrogen (secondary N) is 4. The minimum atomic E-state index is -3.63. The van der Waals surface area contributed by atoms with Crippen LogP contribution in [-0.2, 0) is 26.0 Å². The summed E-state index contributed by atoms with van der Waals surface area (Å²) < 4.78 is 50.5. The van der Waals surface area contributed by atoms with Crippen molar-refractivity contribution in [1.29, 1.82) is 0 Å². The number of carbonyl (C=O) groups excluding carboxylic acids is 3. The summed E-state index contributed by atoms with van der Waals surface area (Å²) >= 11 is 0. The Kier molecular flexibility index (Phi) is 12.2. The topological polar surface area (TPSA) is 159 Å². The standard InChI is InChI=1S/C46H59FN6O6S/c1-3-35-36-19-11-12-20-37(36)50-40(30-14-13-16-32(47)26-30)41(35)59-34-27-39-42(54)52-46(29-48-60(57,58)45(2)24-25-45)23-22-31(46)15-7-5-4-6-8-21-38(43(55)53(39)28-34)51-44(56)49-33-17-9-10-18-33/h7,11-16,19-20,26,31,33-34,38-39,48H,3-6,8-10,17-18,21-25,27-29H2,1-2H3,(H,52,54)(H2,49,51,56). The highest BCUT2D eigenvalue weighted by Gasteiger charge is 2.54. The van der Waals surface area contributed by atoms with Gasteiger partial charge in [0.2, 0.25) is 21.8 Å². The molecule has 4 N–H and O–H groups in total. The number of allylic oxidation sites excluding steroid dienone is 1. The minimum absolute atomic E-state index is 0.0391. The highest BCUT2D eigenvalue weighted by atomic mass is 32.2. The van der Waals surface area contributed by atoms with Crippen LogP contribution in [-0.4, -0.2) is 83.8 Å². The van der Waals surface area contributed by atoms with E-state index in [0.29, 0.717) is 55.5 Å². The number of halogens is 1. The Balaban J connectivity index is 1.14. The molecule has 322 valence electrons. The van der Waals surface area contributed by atoms with Gasteiger partial charge in [-0.15, -0.1) is 0 Å². The number of benzene rings is 2. The number of hydrogen-bond donors (Lipinski definition) is 4. The highest BCUT2D eigenvalue weighted by Crippen LogP contribution is 2.45. The molecule has 0 radical (unpaired) electrons. The molecule has 60 heavy (non-hydrogen) atoms. The van der Waals surface area contributed by atoms with Crippen molar-refractivity contribution in [2.24, 2.45) is 5.92 Å². The molecular formula is C46H59FN6O6S. The van der Waals surface area contributed by atoms with Gasteiger partial charge in [0.15, 0.2) is 0 Å². The number of carbonyl (C=O) groups is 3. The van der Waals surface area contributed by atoms with E-state index in [1.165, 1.54) is 12.1 Å². The Morgan fingerprint density at radius 1 is 0.983 bits per heavy atom. The molecule has 3 aliphatic carbocycles. The van der Waals surface area contributed by atoms with E-state index in [0.717, 1.165) is 67.8 Å². The predicted octanol–water partition coefficient (Wildman–Crippen LogP) is 6.82. The first kappa shape index (κ1) is 42.1. The Hall–Kier alpha value is -4.56. The van der Waals surface area contributed by atoms with Crippen molar-refractivity contribution in [1.82, 2.24) is 30.6 Å². The number of aromatic nitrogens is 1. The van der Waals surface area contributed by atoms with Gasteiger partial charge >= 0.3 is 6.03 Å². The molecule has 5 unspecified atom stereocenters. The number of ether oxygens (including phenoxy) is 1. The third kappa shape index (κ3) is 8.77. The zero-order chi connectivity index (χ0) is 42.1. The molecule has 3 saturated carbocycles. The number of aryl methyl sites for hydroxylation is 1. The van der Waals surface area contributed by atoms with Crippen LogP contribution < -0.4 is 25.4 Å². The molecule has 5 atom stereocenters. The molecule has 8 rings (SSSR count). The second kappa shape index (κ2) is 17.4. The lowest BCUT2D eigenvalue weighted by atomic mass is 9.66. The van der Waals surface area contributed by atoms with Crippen molar-refractivity contribution in [3.63, 3.8) is 0 Å². The third-order valence-corrected chi connectivity index (χ3v) is 16.0. The first-order valence-corrected chi connectivity index (χ1v) is 23.6. The van der Waals surface area contributed by atoms with Crippen LogP contribution in [0, 0.1) is 11.7 Å². The van der Waals surface area contributed by atoms with Crippen molar-refractivity contribution >= 4 is 38.8 Å². The van der Waals surface area contributed by atoms with Crippen LogP contribution in [0.2, 0.25) is 0 Å². The maximum atomic E-state index is 14.9. The first-order valence-electron chi connectivity index (χ1n) is 22.1. The van der Waals surface area contributed by atoms with Gasteiger partial charge in [-0.3, -0.25) is 9.59 Å². The number of hydrogen-bond acceptors (Lipinski definition) is 7. The van der Waals surface area contributed by atoms with Gasteiger partial charge in [0, 0.05) is 41.4 Å². The van der Waals surface area contributed by atoms with Crippen LogP contribution in [0.3, 0.4) is 0 Å². The average Bonchev–Trinajstić information content (AvgIpc) is 3.57. The van der Waals surface area contributed by atoms with Gasteiger partial charge in [0.05, 0.1) is 22.3 Å². The van der Waals surface area contributed by atoms with Crippen LogP contribution >= 0.6 is 0 Å². The zero-order valence-electron chi connectivity index (χ0n) is 34.8. The van der Waals surface area contributed by atoms with E-state index in [1.54, 1.807) is 24.0 Å². The second-order valence-electron chi connectivity index (χ2n) is 17.9. The molecule has 4 amide bonds. The maximum absolute atomic E-state index is 14.9. The second-order valence-corrected chi connectivity index (χ2v) is 20.2. The molecule has 1 aromatic heterocycles. The van der Waals surface area contributed by atoms with Crippen molar-refractivity contribution in [3.8, 4) is 17.0 Å². The Labute approximate surface area is 352 Å². The minimum Gasteiger partial charge on any atom is -0.486 e. The summed E-state index contributed by atoms with van der Waals surface area (Å²) in [6, 6.07) is 11.8. The van der Waals surface area contributed by atoms with E-state index >= 15 is 0 Å². The number of rotatable bonds is 10. The fourth-order valence-electron chi connectivity index (χ4n) is 9.60. The maximum Gasteiger partial charge on any atom is 0.315 e. The van der Waals surface area contributed by atoms with Gasteiger partial charge in [-0.1, -0.05) is 75.1 Å². The van der Waals surface area contributed by atoms with E-state index in [2.05, 4.69) is 32.8 Å². The van der Waals surface area contributed by atoms with E-state index < -0.39 is 56.3 Å². The largest absolute Gasteiger partial charge is 0.486 e. The molecule has 0 bridgehead atoms. The van der Waals surface area contributed by atoms with E-state index in [-0.39, 0.29) is 37.4 Å². The highest BCUT2D eigenvalue weighted by molar-refractivity contribution is 7.91. The Bertz CT molecular complexity index is 2240. The molecule has 3 heterocycles. The molecule has 14 heteroatoms. The average molecular weight is 843 g/mol. The summed E-state index contributed by atoms with van der Waals surface area (Å²) in [4.78, 5) is 49.7. The van der Waals surface area contributed by atoms with Crippen molar-refractivity contribution < 1.29 is 31.9 Å². The molecule has 12 nitrogen and oxygen atoms in total. The number of nitrogens with zero attached hydrogens (tertiary/aromatic N) is 2. The monoisotopic (exact) mass is 842 g/mol. The van der Waals surface area contributed by atoms with Gasteiger partial charge < -0.3 is 25.6 Å². The van der Waals surface area contributed by atoms with Crippen LogP contribution in [0.1, 0.15) is 109 Å². The zero-order valence-corrected chi connectivity index (χ0v) is 35.6. The van der Waals surface area contributed by atoms with Crippen molar-refractivity contribution in [2.45, 2.75) is 145 Å².